The largest absolute Gasteiger partial charge is 0.507 e. The van der Waals surface area contributed by atoms with Crippen LogP contribution in [0.15, 0.2) is 54.6 Å². The van der Waals surface area contributed by atoms with Gasteiger partial charge in [0.15, 0.2) is 5.78 Å². The summed E-state index contributed by atoms with van der Waals surface area (Å²) < 4.78 is 5.25. The van der Waals surface area contributed by atoms with Crippen LogP contribution in [0.25, 0.3) is 10.8 Å². The average Bonchev–Trinajstić information content (AvgIpc) is 2.55. The standard InChI is InChI=1S/C19H16O3/c1-12-10-17(20)15-9-8-14(22-2)11-16(15)18(12)19(21)13-6-4-3-5-7-13/h3-11,20H,1-2H3. The Balaban J connectivity index is 2.30. The minimum Gasteiger partial charge on any atom is -0.507 e. The summed E-state index contributed by atoms with van der Waals surface area (Å²) in [6, 6.07) is 16.1. The van der Waals surface area contributed by atoms with Gasteiger partial charge in [-0.05, 0) is 36.8 Å². The van der Waals surface area contributed by atoms with Crippen LogP contribution in [0, 0.1) is 6.92 Å². The number of rotatable bonds is 3. The number of hydrogen-bond donors (Lipinski definition) is 1. The SMILES string of the molecule is COc1ccc2c(O)cc(C)c(C(=O)c3ccccc3)c2c1. The Hall–Kier alpha value is -2.81. The van der Waals surface area contributed by atoms with Crippen LogP contribution in [-0.2, 0) is 0 Å². The van der Waals surface area contributed by atoms with Crippen molar-refractivity contribution in [1.29, 1.82) is 0 Å². The number of phenols is 1. The maximum atomic E-state index is 12.9. The highest BCUT2D eigenvalue weighted by Crippen LogP contribution is 2.34. The first-order valence-electron chi connectivity index (χ1n) is 7.02. The van der Waals surface area contributed by atoms with Crippen LogP contribution in [-0.4, -0.2) is 18.0 Å². The van der Waals surface area contributed by atoms with E-state index in [2.05, 4.69) is 0 Å². The molecule has 0 aliphatic carbocycles. The average molecular weight is 292 g/mol. The summed E-state index contributed by atoms with van der Waals surface area (Å²) in [5, 5.41) is 11.5. The maximum absolute atomic E-state index is 12.9. The normalized spacial score (nSPS) is 10.6. The molecule has 0 unspecified atom stereocenters. The predicted molar refractivity (Wildman–Crippen MR) is 86.8 cm³/mol. The molecule has 0 saturated heterocycles. The van der Waals surface area contributed by atoms with E-state index in [1.807, 2.05) is 25.1 Å². The molecule has 0 heterocycles. The summed E-state index contributed by atoms with van der Waals surface area (Å²) in [7, 11) is 1.58. The molecule has 0 bridgehead atoms. The van der Waals surface area contributed by atoms with Crippen molar-refractivity contribution in [1.82, 2.24) is 0 Å². The zero-order valence-electron chi connectivity index (χ0n) is 12.5. The first-order chi connectivity index (χ1) is 10.6. The fourth-order valence-corrected chi connectivity index (χ4v) is 2.68. The molecule has 3 rings (SSSR count). The van der Waals surface area contributed by atoms with Crippen LogP contribution in [0.2, 0.25) is 0 Å². The van der Waals surface area contributed by atoms with Crippen LogP contribution in [0.3, 0.4) is 0 Å². The number of carbonyl (C=O) groups excluding carboxylic acids is 1. The number of benzene rings is 3. The highest BCUT2D eigenvalue weighted by atomic mass is 16.5. The van der Waals surface area contributed by atoms with Gasteiger partial charge in [0.25, 0.3) is 0 Å². The Kier molecular flexibility index (Phi) is 3.55. The van der Waals surface area contributed by atoms with Crippen molar-refractivity contribution in [3.63, 3.8) is 0 Å². The Morgan fingerprint density at radius 3 is 2.41 bits per heavy atom. The minimum absolute atomic E-state index is 0.0589. The van der Waals surface area contributed by atoms with Gasteiger partial charge in [0, 0.05) is 21.9 Å². The molecule has 0 radical (unpaired) electrons. The first-order valence-corrected chi connectivity index (χ1v) is 7.02. The third-order valence-electron chi connectivity index (χ3n) is 3.78. The molecule has 22 heavy (non-hydrogen) atoms. The van der Waals surface area contributed by atoms with E-state index in [9.17, 15) is 9.90 Å². The number of methoxy groups -OCH3 is 1. The summed E-state index contributed by atoms with van der Waals surface area (Å²) >= 11 is 0. The van der Waals surface area contributed by atoms with E-state index in [-0.39, 0.29) is 11.5 Å². The van der Waals surface area contributed by atoms with E-state index in [1.54, 1.807) is 43.5 Å². The fourth-order valence-electron chi connectivity index (χ4n) is 2.68. The molecule has 3 nitrogen and oxygen atoms in total. The molecule has 0 aromatic heterocycles. The van der Waals surface area contributed by atoms with Crippen LogP contribution in [0.5, 0.6) is 11.5 Å². The molecule has 3 heteroatoms. The number of fused-ring (bicyclic) bond motifs is 1. The second-order valence-electron chi connectivity index (χ2n) is 5.19. The van der Waals surface area contributed by atoms with Crippen molar-refractivity contribution in [2.24, 2.45) is 0 Å². The van der Waals surface area contributed by atoms with Crippen molar-refractivity contribution < 1.29 is 14.6 Å². The number of hydrogen-bond acceptors (Lipinski definition) is 3. The summed E-state index contributed by atoms with van der Waals surface area (Å²) in [5.74, 6) is 0.760. The van der Waals surface area contributed by atoms with Crippen molar-refractivity contribution in [3.05, 3.63) is 71.3 Å². The van der Waals surface area contributed by atoms with Crippen molar-refractivity contribution in [2.45, 2.75) is 6.92 Å². The van der Waals surface area contributed by atoms with Gasteiger partial charge >= 0.3 is 0 Å². The van der Waals surface area contributed by atoms with Crippen molar-refractivity contribution in [3.8, 4) is 11.5 Å². The number of aryl methyl sites for hydroxylation is 1. The maximum Gasteiger partial charge on any atom is 0.193 e. The van der Waals surface area contributed by atoms with E-state index in [1.165, 1.54) is 0 Å². The van der Waals surface area contributed by atoms with E-state index in [0.717, 1.165) is 5.56 Å². The number of ketones is 1. The molecule has 3 aromatic carbocycles. The molecular formula is C19H16O3. The van der Waals surface area contributed by atoms with Gasteiger partial charge in [-0.1, -0.05) is 30.3 Å². The lowest BCUT2D eigenvalue weighted by molar-refractivity contribution is 0.104. The third kappa shape index (κ3) is 2.31. The molecule has 0 atom stereocenters. The molecule has 110 valence electrons. The Bertz CT molecular complexity index is 851. The van der Waals surface area contributed by atoms with Crippen LogP contribution in [0.4, 0.5) is 0 Å². The molecular weight excluding hydrogens is 276 g/mol. The molecule has 1 N–H and O–H groups in total. The smallest absolute Gasteiger partial charge is 0.193 e. The van der Waals surface area contributed by atoms with Gasteiger partial charge in [-0.3, -0.25) is 4.79 Å². The molecule has 0 saturated carbocycles. The molecule has 0 amide bonds. The highest BCUT2D eigenvalue weighted by molar-refractivity contribution is 6.18. The summed E-state index contributed by atoms with van der Waals surface area (Å²) in [6.07, 6.45) is 0. The lowest BCUT2D eigenvalue weighted by Gasteiger charge is -2.12. The molecule has 0 spiro atoms. The monoisotopic (exact) mass is 292 g/mol. The summed E-state index contributed by atoms with van der Waals surface area (Å²) in [5.41, 5.74) is 1.96. The highest BCUT2D eigenvalue weighted by Gasteiger charge is 2.18. The van der Waals surface area contributed by atoms with Gasteiger partial charge in [0.1, 0.15) is 11.5 Å². The summed E-state index contributed by atoms with van der Waals surface area (Å²) in [6.45, 7) is 1.83. The summed E-state index contributed by atoms with van der Waals surface area (Å²) in [4.78, 5) is 12.9. The zero-order chi connectivity index (χ0) is 15.7. The van der Waals surface area contributed by atoms with E-state index in [4.69, 9.17) is 4.74 Å². The lowest BCUT2D eigenvalue weighted by atomic mass is 9.92. The number of phenolic OH excluding ortho intramolecular Hbond substituents is 1. The Labute approximate surface area is 128 Å². The molecule has 0 aliphatic rings. The Morgan fingerprint density at radius 1 is 1.00 bits per heavy atom. The lowest BCUT2D eigenvalue weighted by Crippen LogP contribution is -2.05. The fraction of sp³-hybridized carbons (Fsp3) is 0.105. The van der Waals surface area contributed by atoms with Gasteiger partial charge in [-0.25, -0.2) is 0 Å². The number of aromatic hydroxyl groups is 1. The molecule has 3 aromatic rings. The predicted octanol–water partition coefficient (Wildman–Crippen LogP) is 4.09. The number of carbonyl (C=O) groups is 1. The van der Waals surface area contributed by atoms with Crippen molar-refractivity contribution in [2.75, 3.05) is 7.11 Å². The first kappa shape index (κ1) is 14.1. The van der Waals surface area contributed by atoms with Crippen LogP contribution >= 0.6 is 0 Å². The third-order valence-corrected chi connectivity index (χ3v) is 3.78. The topological polar surface area (TPSA) is 46.5 Å². The van der Waals surface area contributed by atoms with E-state index in [0.29, 0.717) is 27.6 Å². The minimum atomic E-state index is -0.0589. The van der Waals surface area contributed by atoms with E-state index >= 15 is 0 Å². The molecule has 0 fully saturated rings. The van der Waals surface area contributed by atoms with Gasteiger partial charge in [0.05, 0.1) is 7.11 Å². The van der Waals surface area contributed by atoms with Gasteiger partial charge < -0.3 is 9.84 Å². The van der Waals surface area contributed by atoms with E-state index < -0.39 is 0 Å². The van der Waals surface area contributed by atoms with Gasteiger partial charge in [-0.2, -0.15) is 0 Å². The van der Waals surface area contributed by atoms with Gasteiger partial charge in [0.2, 0.25) is 0 Å². The quantitative estimate of drug-likeness (QED) is 0.739. The number of ether oxygens (including phenoxy) is 1. The second-order valence-corrected chi connectivity index (χ2v) is 5.19. The molecule has 0 aliphatic heterocycles. The Morgan fingerprint density at radius 2 is 1.73 bits per heavy atom. The van der Waals surface area contributed by atoms with Crippen LogP contribution in [0.1, 0.15) is 21.5 Å². The van der Waals surface area contributed by atoms with Crippen LogP contribution < -0.4 is 4.74 Å². The zero-order valence-corrected chi connectivity index (χ0v) is 12.5. The van der Waals surface area contributed by atoms with Crippen molar-refractivity contribution >= 4 is 16.6 Å². The van der Waals surface area contributed by atoms with Gasteiger partial charge in [-0.15, -0.1) is 0 Å². The second kappa shape index (κ2) is 5.53.